The zero-order chi connectivity index (χ0) is 15.3. The molecular formula is C19H16O3. The first-order valence-corrected chi connectivity index (χ1v) is 7.15. The van der Waals surface area contributed by atoms with Crippen LogP contribution in [0.5, 0.6) is 17.2 Å². The molecule has 0 aliphatic carbocycles. The van der Waals surface area contributed by atoms with E-state index in [0.717, 1.165) is 27.7 Å². The van der Waals surface area contributed by atoms with E-state index in [4.69, 9.17) is 14.2 Å². The molecule has 0 fully saturated rings. The van der Waals surface area contributed by atoms with Gasteiger partial charge in [0, 0.05) is 16.2 Å². The van der Waals surface area contributed by atoms with Gasteiger partial charge in [0.05, 0.1) is 21.3 Å². The van der Waals surface area contributed by atoms with Crippen molar-refractivity contribution in [2.24, 2.45) is 0 Å². The molecule has 0 aliphatic heterocycles. The third kappa shape index (κ3) is 1.56. The maximum Gasteiger partial charge on any atom is 0.168 e. The predicted octanol–water partition coefficient (Wildman–Crippen LogP) is 4.61. The summed E-state index contributed by atoms with van der Waals surface area (Å²) in [6, 6.07) is 14.6. The summed E-state index contributed by atoms with van der Waals surface area (Å²) in [5, 5.41) is 6.85. The molecule has 3 heteroatoms. The van der Waals surface area contributed by atoms with E-state index in [-0.39, 0.29) is 0 Å². The fraction of sp³-hybridized carbons (Fsp3) is 0.158. The minimum atomic E-state index is 0.715. The van der Waals surface area contributed by atoms with Gasteiger partial charge in [0.1, 0.15) is 5.75 Å². The lowest BCUT2D eigenvalue weighted by atomic mass is 9.93. The summed E-state index contributed by atoms with van der Waals surface area (Å²) in [4.78, 5) is 0. The molecule has 0 atom stereocenters. The van der Waals surface area contributed by atoms with Crippen LogP contribution in [-0.4, -0.2) is 21.3 Å². The Hall–Kier alpha value is -2.68. The van der Waals surface area contributed by atoms with Crippen molar-refractivity contribution in [2.75, 3.05) is 21.3 Å². The Labute approximate surface area is 128 Å². The molecule has 0 bridgehead atoms. The molecule has 4 aromatic carbocycles. The van der Waals surface area contributed by atoms with Crippen LogP contribution in [0.2, 0.25) is 0 Å². The van der Waals surface area contributed by atoms with Gasteiger partial charge in [0.15, 0.2) is 11.5 Å². The van der Waals surface area contributed by atoms with Crippen molar-refractivity contribution in [3.05, 3.63) is 42.5 Å². The maximum absolute atomic E-state index is 5.61. The second-order valence-corrected chi connectivity index (χ2v) is 5.31. The number of methoxy groups -OCH3 is 3. The highest BCUT2D eigenvalue weighted by Gasteiger charge is 2.18. The summed E-state index contributed by atoms with van der Waals surface area (Å²) in [7, 11) is 5.02. The number of ether oxygens (including phenoxy) is 3. The van der Waals surface area contributed by atoms with Gasteiger partial charge >= 0.3 is 0 Å². The van der Waals surface area contributed by atoms with Gasteiger partial charge in [-0.3, -0.25) is 0 Å². The smallest absolute Gasteiger partial charge is 0.168 e. The molecular weight excluding hydrogens is 276 g/mol. The van der Waals surface area contributed by atoms with E-state index in [2.05, 4.69) is 36.4 Å². The molecule has 0 saturated heterocycles. The molecule has 0 amide bonds. The maximum atomic E-state index is 5.61. The summed E-state index contributed by atoms with van der Waals surface area (Å²) in [6.45, 7) is 0. The molecule has 4 aromatic rings. The number of rotatable bonds is 3. The molecule has 0 spiro atoms. The third-order valence-corrected chi connectivity index (χ3v) is 4.29. The van der Waals surface area contributed by atoms with Crippen LogP contribution < -0.4 is 14.2 Å². The van der Waals surface area contributed by atoms with Gasteiger partial charge < -0.3 is 14.2 Å². The molecule has 4 rings (SSSR count). The van der Waals surface area contributed by atoms with Gasteiger partial charge in [-0.25, -0.2) is 0 Å². The number of hydrogen-bond acceptors (Lipinski definition) is 3. The fourth-order valence-electron chi connectivity index (χ4n) is 3.34. The topological polar surface area (TPSA) is 27.7 Å². The highest BCUT2D eigenvalue weighted by molar-refractivity contribution is 6.26. The Balaban J connectivity index is 2.35. The van der Waals surface area contributed by atoms with Crippen molar-refractivity contribution in [1.29, 1.82) is 0 Å². The van der Waals surface area contributed by atoms with Crippen molar-refractivity contribution in [2.45, 2.75) is 0 Å². The third-order valence-electron chi connectivity index (χ3n) is 4.29. The van der Waals surface area contributed by atoms with E-state index in [1.54, 1.807) is 21.3 Å². The van der Waals surface area contributed by atoms with Crippen molar-refractivity contribution < 1.29 is 14.2 Å². The molecule has 0 heterocycles. The molecule has 0 aliphatic rings. The van der Waals surface area contributed by atoms with Crippen LogP contribution in [0.15, 0.2) is 42.5 Å². The highest BCUT2D eigenvalue weighted by Crippen LogP contribution is 2.46. The molecule has 3 nitrogen and oxygen atoms in total. The molecule has 22 heavy (non-hydrogen) atoms. The highest BCUT2D eigenvalue weighted by atomic mass is 16.5. The van der Waals surface area contributed by atoms with Crippen molar-refractivity contribution in [1.82, 2.24) is 0 Å². The summed E-state index contributed by atoms with van der Waals surface area (Å²) in [5.74, 6) is 2.32. The van der Waals surface area contributed by atoms with E-state index < -0.39 is 0 Å². The lowest BCUT2D eigenvalue weighted by molar-refractivity contribution is 0.358. The van der Waals surface area contributed by atoms with Crippen LogP contribution in [0.25, 0.3) is 32.3 Å². The average Bonchev–Trinajstić information content (AvgIpc) is 2.58. The molecule has 0 N–H and O–H groups in total. The normalized spacial score (nSPS) is 11.4. The lowest BCUT2D eigenvalue weighted by Gasteiger charge is -2.18. The Bertz CT molecular complexity index is 983. The first-order valence-electron chi connectivity index (χ1n) is 7.15. The molecule has 0 saturated carbocycles. The Kier molecular flexibility index (Phi) is 2.76. The van der Waals surface area contributed by atoms with E-state index in [1.807, 2.05) is 6.07 Å². The van der Waals surface area contributed by atoms with E-state index in [1.165, 1.54) is 16.2 Å². The van der Waals surface area contributed by atoms with Crippen LogP contribution in [0.4, 0.5) is 0 Å². The van der Waals surface area contributed by atoms with Crippen LogP contribution in [0.3, 0.4) is 0 Å². The van der Waals surface area contributed by atoms with E-state index >= 15 is 0 Å². The van der Waals surface area contributed by atoms with Gasteiger partial charge in [0.25, 0.3) is 0 Å². The average molecular weight is 292 g/mol. The van der Waals surface area contributed by atoms with Crippen molar-refractivity contribution in [3.8, 4) is 17.2 Å². The fourth-order valence-corrected chi connectivity index (χ4v) is 3.34. The van der Waals surface area contributed by atoms with Gasteiger partial charge in [-0.15, -0.1) is 0 Å². The SMILES string of the molecule is COc1cc2c(OC)cc3cccc4ccc(c1OC)c2c43. The summed E-state index contributed by atoms with van der Waals surface area (Å²) < 4.78 is 16.7. The summed E-state index contributed by atoms with van der Waals surface area (Å²) in [5.41, 5.74) is 0. The Morgan fingerprint density at radius 2 is 1.41 bits per heavy atom. The zero-order valence-corrected chi connectivity index (χ0v) is 12.8. The second kappa shape index (κ2) is 4.67. The second-order valence-electron chi connectivity index (χ2n) is 5.31. The Morgan fingerprint density at radius 1 is 0.636 bits per heavy atom. The zero-order valence-electron chi connectivity index (χ0n) is 12.8. The Morgan fingerprint density at radius 3 is 2.14 bits per heavy atom. The lowest BCUT2D eigenvalue weighted by Crippen LogP contribution is -1.95. The van der Waals surface area contributed by atoms with Crippen LogP contribution in [-0.2, 0) is 0 Å². The predicted molar refractivity (Wildman–Crippen MR) is 89.8 cm³/mol. The van der Waals surface area contributed by atoms with Crippen molar-refractivity contribution >= 4 is 32.3 Å². The van der Waals surface area contributed by atoms with Gasteiger partial charge in [0.2, 0.25) is 0 Å². The number of hydrogen-bond donors (Lipinski definition) is 0. The van der Waals surface area contributed by atoms with E-state index in [9.17, 15) is 0 Å². The molecule has 0 radical (unpaired) electrons. The van der Waals surface area contributed by atoms with E-state index in [0.29, 0.717) is 5.75 Å². The van der Waals surface area contributed by atoms with Gasteiger partial charge in [-0.05, 0) is 34.4 Å². The first-order chi connectivity index (χ1) is 10.8. The summed E-state index contributed by atoms with van der Waals surface area (Å²) in [6.07, 6.45) is 0. The minimum Gasteiger partial charge on any atom is -0.496 e. The minimum absolute atomic E-state index is 0.715. The van der Waals surface area contributed by atoms with Crippen LogP contribution in [0, 0.1) is 0 Å². The molecule has 0 unspecified atom stereocenters. The van der Waals surface area contributed by atoms with Crippen molar-refractivity contribution in [3.63, 3.8) is 0 Å². The quantitative estimate of drug-likeness (QED) is 0.516. The summed E-state index contributed by atoms with van der Waals surface area (Å²) >= 11 is 0. The standard InChI is InChI=1S/C19H16O3/c1-20-15-9-12-6-4-5-11-7-8-13-18(17(11)12)14(15)10-16(21-2)19(13)22-3/h4-10H,1-3H3. The molecule has 110 valence electrons. The number of benzene rings is 4. The van der Waals surface area contributed by atoms with Gasteiger partial charge in [-0.1, -0.05) is 24.3 Å². The van der Waals surface area contributed by atoms with Crippen LogP contribution >= 0.6 is 0 Å². The van der Waals surface area contributed by atoms with Gasteiger partial charge in [-0.2, -0.15) is 0 Å². The molecule has 0 aromatic heterocycles. The first kappa shape index (κ1) is 13.0. The monoisotopic (exact) mass is 292 g/mol. The van der Waals surface area contributed by atoms with Crippen LogP contribution in [0.1, 0.15) is 0 Å². The largest absolute Gasteiger partial charge is 0.496 e.